The van der Waals surface area contributed by atoms with Crippen molar-refractivity contribution < 1.29 is 19.1 Å². The monoisotopic (exact) mass is 348 g/mol. The molecule has 0 unspecified atom stereocenters. The molecule has 1 fully saturated rings. The van der Waals surface area contributed by atoms with Crippen LogP contribution in [0.4, 0.5) is 0 Å². The van der Waals surface area contributed by atoms with Gasteiger partial charge in [-0.25, -0.2) is 0 Å². The van der Waals surface area contributed by atoms with Gasteiger partial charge >= 0.3 is 0 Å². The minimum Gasteiger partial charge on any atom is -0.494 e. The Labute approximate surface area is 149 Å². The van der Waals surface area contributed by atoms with Gasteiger partial charge in [-0.2, -0.15) is 0 Å². The first-order valence-corrected chi connectivity index (χ1v) is 8.61. The third-order valence-electron chi connectivity index (χ3n) is 4.21. The van der Waals surface area contributed by atoms with Crippen LogP contribution in [0.5, 0.6) is 5.75 Å². The third-order valence-corrected chi connectivity index (χ3v) is 4.21. The second kappa shape index (κ2) is 7.87. The Bertz CT molecular complexity index is 601. The van der Waals surface area contributed by atoms with Crippen molar-refractivity contribution in [1.82, 2.24) is 5.32 Å². The van der Waals surface area contributed by atoms with Crippen LogP contribution in [-0.4, -0.2) is 37.2 Å². The van der Waals surface area contributed by atoms with Crippen LogP contribution < -0.4 is 15.8 Å². The summed E-state index contributed by atoms with van der Waals surface area (Å²) in [5, 5.41) is 2.86. The van der Waals surface area contributed by atoms with Gasteiger partial charge in [-0.1, -0.05) is 32.9 Å². The lowest BCUT2D eigenvalue weighted by molar-refractivity contribution is -0.138. The van der Waals surface area contributed by atoms with Crippen LogP contribution in [0.1, 0.15) is 45.6 Å². The van der Waals surface area contributed by atoms with Crippen LogP contribution in [0.25, 0.3) is 0 Å². The molecule has 1 saturated heterocycles. The molecule has 0 spiro atoms. The Morgan fingerprint density at radius 1 is 1.24 bits per heavy atom. The zero-order chi connectivity index (χ0) is 18.5. The first kappa shape index (κ1) is 19.2. The maximum absolute atomic E-state index is 12.0. The van der Waals surface area contributed by atoms with E-state index in [9.17, 15) is 9.59 Å². The number of hydrogen-bond donors (Lipinski definition) is 2. The number of primary amides is 1. The molecule has 138 valence electrons. The maximum Gasteiger partial charge on any atom is 0.220 e. The Kier molecular flexibility index (Phi) is 6.06. The van der Waals surface area contributed by atoms with Gasteiger partial charge in [0, 0.05) is 6.42 Å². The Hall–Kier alpha value is -2.08. The SMILES string of the molecule is CC(C)(C)c1ccc(OCCCC(=O)NC2(CC(N)=O)COC2)cc1. The summed E-state index contributed by atoms with van der Waals surface area (Å²) in [5.41, 5.74) is 5.97. The van der Waals surface area contributed by atoms with Gasteiger partial charge in [-0.3, -0.25) is 9.59 Å². The number of hydrogen-bond acceptors (Lipinski definition) is 4. The van der Waals surface area contributed by atoms with Crippen molar-refractivity contribution in [2.45, 2.75) is 51.0 Å². The molecule has 6 nitrogen and oxygen atoms in total. The molecule has 0 saturated carbocycles. The van der Waals surface area contributed by atoms with E-state index >= 15 is 0 Å². The molecule has 6 heteroatoms. The number of rotatable bonds is 8. The number of carbonyl (C=O) groups is 2. The molecular formula is C19H28N2O4. The smallest absolute Gasteiger partial charge is 0.220 e. The molecule has 0 bridgehead atoms. The van der Waals surface area contributed by atoms with Gasteiger partial charge in [0.2, 0.25) is 11.8 Å². The lowest BCUT2D eigenvalue weighted by Crippen LogP contribution is -2.63. The molecule has 1 aliphatic heterocycles. The van der Waals surface area contributed by atoms with Crippen LogP contribution >= 0.6 is 0 Å². The molecule has 2 amide bonds. The molecule has 1 heterocycles. The van der Waals surface area contributed by atoms with Crippen LogP contribution in [0.3, 0.4) is 0 Å². The number of benzene rings is 1. The Morgan fingerprint density at radius 2 is 1.88 bits per heavy atom. The number of nitrogens with two attached hydrogens (primary N) is 1. The standard InChI is InChI=1S/C19H28N2O4/c1-18(2,3)14-6-8-15(9-7-14)25-10-4-5-17(23)21-19(11-16(20)22)12-24-13-19/h6-9H,4-5,10-13H2,1-3H3,(H2,20,22)(H,21,23). The minimum absolute atomic E-state index is 0.107. The summed E-state index contributed by atoms with van der Waals surface area (Å²) < 4.78 is 10.8. The second-order valence-corrected chi connectivity index (χ2v) is 7.69. The number of amides is 2. The van der Waals surface area contributed by atoms with Gasteiger partial charge < -0.3 is 20.5 Å². The fourth-order valence-corrected chi connectivity index (χ4v) is 2.73. The van der Waals surface area contributed by atoms with Gasteiger partial charge in [-0.15, -0.1) is 0 Å². The van der Waals surface area contributed by atoms with Gasteiger partial charge in [0.05, 0.1) is 31.8 Å². The zero-order valence-electron chi connectivity index (χ0n) is 15.3. The molecule has 3 N–H and O–H groups in total. The van der Waals surface area contributed by atoms with Crippen molar-refractivity contribution >= 4 is 11.8 Å². The van der Waals surface area contributed by atoms with Crippen LogP contribution in [-0.2, 0) is 19.7 Å². The lowest BCUT2D eigenvalue weighted by Gasteiger charge is -2.41. The number of nitrogens with one attached hydrogen (secondary N) is 1. The van der Waals surface area contributed by atoms with Crippen molar-refractivity contribution in [3.63, 3.8) is 0 Å². The summed E-state index contributed by atoms with van der Waals surface area (Å²) in [4.78, 5) is 23.1. The van der Waals surface area contributed by atoms with E-state index in [4.69, 9.17) is 15.2 Å². The van der Waals surface area contributed by atoms with Crippen molar-refractivity contribution in [2.75, 3.05) is 19.8 Å². The molecule has 0 atom stereocenters. The summed E-state index contributed by atoms with van der Waals surface area (Å²) in [7, 11) is 0. The van der Waals surface area contributed by atoms with Crippen LogP contribution in [0, 0.1) is 0 Å². The Morgan fingerprint density at radius 3 is 2.36 bits per heavy atom. The number of carbonyl (C=O) groups excluding carboxylic acids is 2. The minimum atomic E-state index is -0.618. The predicted octanol–water partition coefficient (Wildman–Crippen LogP) is 1.90. The predicted molar refractivity (Wildman–Crippen MR) is 95.4 cm³/mol. The van der Waals surface area contributed by atoms with Gasteiger partial charge in [0.15, 0.2) is 0 Å². The fourth-order valence-electron chi connectivity index (χ4n) is 2.73. The average Bonchev–Trinajstić information content (AvgIpc) is 2.48. The molecule has 2 rings (SSSR count). The first-order chi connectivity index (χ1) is 11.7. The summed E-state index contributed by atoms with van der Waals surface area (Å²) in [5.74, 6) is 0.243. The van der Waals surface area contributed by atoms with Crippen molar-refractivity contribution in [2.24, 2.45) is 5.73 Å². The highest BCUT2D eigenvalue weighted by Crippen LogP contribution is 2.24. The van der Waals surface area contributed by atoms with Gasteiger partial charge in [0.25, 0.3) is 0 Å². The van der Waals surface area contributed by atoms with E-state index in [0.717, 1.165) is 5.75 Å². The molecule has 1 aliphatic rings. The lowest BCUT2D eigenvalue weighted by atomic mass is 9.87. The summed E-state index contributed by atoms with van der Waals surface area (Å²) in [6, 6.07) is 8.03. The fraction of sp³-hybridized carbons (Fsp3) is 0.579. The highest BCUT2D eigenvalue weighted by atomic mass is 16.5. The summed E-state index contributed by atoms with van der Waals surface area (Å²) in [6.45, 7) is 7.62. The largest absolute Gasteiger partial charge is 0.494 e. The van der Waals surface area contributed by atoms with E-state index in [0.29, 0.717) is 32.7 Å². The molecule has 0 aliphatic carbocycles. The van der Waals surface area contributed by atoms with Crippen LogP contribution in [0.15, 0.2) is 24.3 Å². The zero-order valence-corrected chi connectivity index (χ0v) is 15.3. The first-order valence-electron chi connectivity index (χ1n) is 8.61. The van der Waals surface area contributed by atoms with Crippen molar-refractivity contribution in [3.8, 4) is 5.75 Å². The summed E-state index contributed by atoms with van der Waals surface area (Å²) >= 11 is 0. The Balaban J connectivity index is 1.70. The maximum atomic E-state index is 12.0. The van der Waals surface area contributed by atoms with E-state index < -0.39 is 11.4 Å². The van der Waals surface area contributed by atoms with Crippen molar-refractivity contribution in [3.05, 3.63) is 29.8 Å². The molecular weight excluding hydrogens is 320 g/mol. The van der Waals surface area contributed by atoms with Crippen LogP contribution in [0.2, 0.25) is 0 Å². The molecule has 0 radical (unpaired) electrons. The molecule has 25 heavy (non-hydrogen) atoms. The van der Waals surface area contributed by atoms with E-state index in [-0.39, 0.29) is 17.7 Å². The topological polar surface area (TPSA) is 90.6 Å². The molecule has 1 aromatic rings. The highest BCUT2D eigenvalue weighted by molar-refractivity contribution is 5.80. The second-order valence-electron chi connectivity index (χ2n) is 7.69. The van der Waals surface area contributed by atoms with Gasteiger partial charge in [0.1, 0.15) is 5.75 Å². The third kappa shape index (κ3) is 5.74. The average molecular weight is 348 g/mol. The normalized spacial score (nSPS) is 16.0. The van der Waals surface area contributed by atoms with Gasteiger partial charge in [-0.05, 0) is 29.5 Å². The quantitative estimate of drug-likeness (QED) is 0.702. The summed E-state index contributed by atoms with van der Waals surface area (Å²) in [6.07, 6.45) is 1.04. The number of ether oxygens (including phenoxy) is 2. The van der Waals surface area contributed by atoms with E-state index in [2.05, 4.69) is 38.2 Å². The van der Waals surface area contributed by atoms with E-state index in [1.165, 1.54) is 5.56 Å². The van der Waals surface area contributed by atoms with E-state index in [1.807, 2.05) is 12.1 Å². The molecule has 0 aromatic heterocycles. The highest BCUT2D eigenvalue weighted by Gasteiger charge is 2.41. The van der Waals surface area contributed by atoms with Crippen molar-refractivity contribution in [1.29, 1.82) is 0 Å². The van der Waals surface area contributed by atoms with E-state index in [1.54, 1.807) is 0 Å². The molecule has 1 aromatic carbocycles.